The number of halogens is 2. The molecule has 0 saturated carbocycles. The molecule has 0 N–H and O–H groups in total. The van der Waals surface area contributed by atoms with E-state index in [0.29, 0.717) is 10.9 Å². The van der Waals surface area contributed by atoms with Crippen molar-refractivity contribution in [1.29, 1.82) is 0 Å². The molecule has 94 valence electrons. The van der Waals surface area contributed by atoms with Crippen LogP contribution in [0.5, 0.6) is 0 Å². The standard InChI is InChI=1S/C14H12BrFOS/c15-12-7-2-6-11(14(12)16)13(17)8-1-4-10-5-3-9-18-10/h2-3,5-7,9H,1,4,8H2. The van der Waals surface area contributed by atoms with Crippen molar-refractivity contribution in [3.63, 3.8) is 0 Å². The van der Waals surface area contributed by atoms with E-state index in [0.717, 1.165) is 12.8 Å². The Morgan fingerprint density at radius 3 is 2.83 bits per heavy atom. The molecule has 0 aliphatic rings. The highest BCUT2D eigenvalue weighted by atomic mass is 79.9. The Morgan fingerprint density at radius 2 is 2.11 bits per heavy atom. The summed E-state index contributed by atoms with van der Waals surface area (Å²) in [5.41, 5.74) is 0.176. The molecule has 0 saturated heterocycles. The van der Waals surface area contributed by atoms with Gasteiger partial charge in [0.2, 0.25) is 0 Å². The van der Waals surface area contributed by atoms with Gasteiger partial charge in [0.15, 0.2) is 5.78 Å². The number of carbonyl (C=O) groups is 1. The van der Waals surface area contributed by atoms with Crippen molar-refractivity contribution >= 4 is 33.0 Å². The van der Waals surface area contributed by atoms with Gasteiger partial charge in [0, 0.05) is 11.3 Å². The van der Waals surface area contributed by atoms with Gasteiger partial charge in [-0.25, -0.2) is 4.39 Å². The molecule has 4 heteroatoms. The summed E-state index contributed by atoms with van der Waals surface area (Å²) in [5.74, 6) is -0.594. The topological polar surface area (TPSA) is 17.1 Å². The van der Waals surface area contributed by atoms with Crippen molar-refractivity contribution in [2.24, 2.45) is 0 Å². The molecule has 0 bridgehead atoms. The Hall–Kier alpha value is -1.000. The van der Waals surface area contributed by atoms with Crippen molar-refractivity contribution in [1.82, 2.24) is 0 Å². The summed E-state index contributed by atoms with van der Waals surface area (Å²) < 4.78 is 14.0. The molecule has 0 unspecified atom stereocenters. The highest BCUT2D eigenvalue weighted by Gasteiger charge is 2.13. The number of hydrogen-bond acceptors (Lipinski definition) is 2. The van der Waals surface area contributed by atoms with Gasteiger partial charge in [-0.2, -0.15) is 0 Å². The number of ketones is 1. The first-order valence-corrected chi connectivity index (χ1v) is 7.35. The summed E-state index contributed by atoms with van der Waals surface area (Å²) in [6, 6.07) is 8.86. The molecule has 0 aliphatic carbocycles. The van der Waals surface area contributed by atoms with E-state index in [1.54, 1.807) is 23.5 Å². The summed E-state index contributed by atoms with van der Waals surface area (Å²) in [5, 5.41) is 2.02. The predicted octanol–water partition coefficient (Wildman–Crippen LogP) is 4.86. The minimum Gasteiger partial charge on any atom is -0.294 e. The fourth-order valence-corrected chi connectivity index (χ4v) is 2.85. The Bertz CT molecular complexity index is 537. The molecular weight excluding hydrogens is 315 g/mol. The molecule has 0 aliphatic heterocycles. The van der Waals surface area contributed by atoms with E-state index < -0.39 is 5.82 Å². The first kappa shape index (κ1) is 13.4. The molecule has 2 rings (SSSR count). The van der Waals surface area contributed by atoms with Crippen molar-refractivity contribution in [3.8, 4) is 0 Å². The van der Waals surface area contributed by atoms with Crippen LogP contribution in [0.25, 0.3) is 0 Å². The van der Waals surface area contributed by atoms with Gasteiger partial charge in [0.25, 0.3) is 0 Å². The van der Waals surface area contributed by atoms with Crippen LogP contribution in [0.2, 0.25) is 0 Å². The van der Waals surface area contributed by atoms with E-state index in [-0.39, 0.29) is 11.3 Å². The molecular formula is C14H12BrFOS. The van der Waals surface area contributed by atoms with Gasteiger partial charge in [-0.15, -0.1) is 11.3 Å². The second-order valence-electron chi connectivity index (χ2n) is 3.96. The van der Waals surface area contributed by atoms with Gasteiger partial charge in [0.05, 0.1) is 10.0 Å². The minimum atomic E-state index is -0.460. The number of benzene rings is 1. The van der Waals surface area contributed by atoms with E-state index in [9.17, 15) is 9.18 Å². The molecule has 2 aromatic rings. The number of Topliss-reactive ketones (excluding diaryl/α,β-unsaturated/α-hetero) is 1. The van der Waals surface area contributed by atoms with Crippen LogP contribution in [0.4, 0.5) is 4.39 Å². The summed E-state index contributed by atoms with van der Waals surface area (Å²) in [6.07, 6.45) is 2.01. The van der Waals surface area contributed by atoms with E-state index in [4.69, 9.17) is 0 Å². The number of carbonyl (C=O) groups excluding carboxylic acids is 1. The maximum atomic E-state index is 13.7. The first-order valence-electron chi connectivity index (χ1n) is 5.68. The molecule has 0 amide bonds. The molecule has 0 spiro atoms. The summed E-state index contributed by atoms with van der Waals surface area (Å²) in [7, 11) is 0. The fraction of sp³-hybridized carbons (Fsp3) is 0.214. The van der Waals surface area contributed by atoms with E-state index in [2.05, 4.69) is 22.0 Å². The normalized spacial score (nSPS) is 10.6. The molecule has 1 nitrogen and oxygen atoms in total. The Kier molecular flexibility index (Phi) is 4.66. The average molecular weight is 327 g/mol. The van der Waals surface area contributed by atoms with Gasteiger partial charge in [-0.1, -0.05) is 12.1 Å². The molecule has 1 aromatic heterocycles. The number of hydrogen-bond donors (Lipinski definition) is 0. The lowest BCUT2D eigenvalue weighted by atomic mass is 10.0. The van der Waals surface area contributed by atoms with E-state index in [1.807, 2.05) is 11.4 Å². The van der Waals surface area contributed by atoms with Gasteiger partial charge in [-0.05, 0) is 52.4 Å². The molecule has 0 atom stereocenters. The maximum absolute atomic E-state index is 13.7. The molecule has 0 fully saturated rings. The molecule has 0 radical (unpaired) electrons. The van der Waals surface area contributed by atoms with Crippen LogP contribution in [0.3, 0.4) is 0 Å². The summed E-state index contributed by atoms with van der Waals surface area (Å²) in [6.45, 7) is 0. The molecule has 18 heavy (non-hydrogen) atoms. The van der Waals surface area contributed by atoms with Crippen LogP contribution in [0, 0.1) is 5.82 Å². The smallest absolute Gasteiger partial charge is 0.165 e. The zero-order valence-electron chi connectivity index (χ0n) is 9.66. The van der Waals surface area contributed by atoms with Crippen LogP contribution >= 0.6 is 27.3 Å². The van der Waals surface area contributed by atoms with Gasteiger partial charge in [0.1, 0.15) is 5.82 Å². The quantitative estimate of drug-likeness (QED) is 0.717. The third-order valence-electron chi connectivity index (χ3n) is 2.66. The predicted molar refractivity (Wildman–Crippen MR) is 75.7 cm³/mol. The summed E-state index contributed by atoms with van der Waals surface area (Å²) in [4.78, 5) is 13.2. The second kappa shape index (κ2) is 6.25. The monoisotopic (exact) mass is 326 g/mol. The number of aryl methyl sites for hydroxylation is 1. The summed E-state index contributed by atoms with van der Waals surface area (Å²) >= 11 is 4.77. The Labute approximate surface area is 118 Å². The second-order valence-corrected chi connectivity index (χ2v) is 5.84. The van der Waals surface area contributed by atoms with Crippen molar-refractivity contribution in [2.45, 2.75) is 19.3 Å². The highest BCUT2D eigenvalue weighted by molar-refractivity contribution is 9.10. The van der Waals surface area contributed by atoms with Gasteiger partial charge < -0.3 is 0 Å². The molecule has 1 aromatic carbocycles. The highest BCUT2D eigenvalue weighted by Crippen LogP contribution is 2.20. The lowest BCUT2D eigenvalue weighted by Gasteiger charge is -2.03. The maximum Gasteiger partial charge on any atom is 0.165 e. The Morgan fingerprint density at radius 1 is 1.28 bits per heavy atom. The van der Waals surface area contributed by atoms with E-state index in [1.165, 1.54) is 10.9 Å². The Balaban J connectivity index is 1.93. The third-order valence-corrected chi connectivity index (χ3v) is 4.21. The van der Waals surface area contributed by atoms with Crippen molar-refractivity contribution < 1.29 is 9.18 Å². The largest absolute Gasteiger partial charge is 0.294 e. The lowest BCUT2D eigenvalue weighted by Crippen LogP contribution is -2.03. The first-order chi connectivity index (χ1) is 8.68. The van der Waals surface area contributed by atoms with Crippen LogP contribution in [0.1, 0.15) is 28.1 Å². The van der Waals surface area contributed by atoms with Gasteiger partial charge in [-0.3, -0.25) is 4.79 Å². The van der Waals surface area contributed by atoms with Crippen LogP contribution < -0.4 is 0 Å². The van der Waals surface area contributed by atoms with E-state index >= 15 is 0 Å². The minimum absolute atomic E-state index is 0.134. The van der Waals surface area contributed by atoms with Crippen LogP contribution in [-0.4, -0.2) is 5.78 Å². The number of rotatable bonds is 5. The SMILES string of the molecule is O=C(CCCc1cccs1)c1cccc(Br)c1F. The van der Waals surface area contributed by atoms with Crippen LogP contribution in [-0.2, 0) is 6.42 Å². The average Bonchev–Trinajstić information content (AvgIpc) is 2.85. The van der Waals surface area contributed by atoms with Crippen molar-refractivity contribution in [2.75, 3.05) is 0 Å². The zero-order chi connectivity index (χ0) is 13.0. The third kappa shape index (κ3) is 3.27. The molecule has 1 heterocycles. The lowest BCUT2D eigenvalue weighted by molar-refractivity contribution is 0.0976. The van der Waals surface area contributed by atoms with Crippen molar-refractivity contribution in [3.05, 3.63) is 56.4 Å². The van der Waals surface area contributed by atoms with Gasteiger partial charge >= 0.3 is 0 Å². The fourth-order valence-electron chi connectivity index (χ4n) is 1.73. The number of thiophene rings is 1. The zero-order valence-corrected chi connectivity index (χ0v) is 12.1. The van der Waals surface area contributed by atoms with Crippen LogP contribution in [0.15, 0.2) is 40.2 Å².